The third-order valence-electron chi connectivity index (χ3n) is 2.50. The molecule has 1 aromatic carbocycles. The molecular weight excluding hydrogens is 216 g/mol. The molecule has 0 radical (unpaired) electrons. The van der Waals surface area contributed by atoms with Crippen LogP contribution in [0, 0.1) is 0 Å². The summed E-state index contributed by atoms with van der Waals surface area (Å²) < 4.78 is 11.0. The highest BCUT2D eigenvalue weighted by Crippen LogP contribution is 2.30. The summed E-state index contributed by atoms with van der Waals surface area (Å²) in [6.45, 7) is 2.14. The predicted molar refractivity (Wildman–Crippen MR) is 69.6 cm³/mol. The van der Waals surface area contributed by atoms with Crippen molar-refractivity contribution in [2.24, 2.45) is 5.73 Å². The second-order valence-corrected chi connectivity index (χ2v) is 4.16. The molecule has 0 spiro atoms. The van der Waals surface area contributed by atoms with Gasteiger partial charge >= 0.3 is 0 Å². The van der Waals surface area contributed by atoms with Gasteiger partial charge in [-0.25, -0.2) is 0 Å². The lowest BCUT2D eigenvalue weighted by Crippen LogP contribution is -2.16. The van der Waals surface area contributed by atoms with Crippen LogP contribution in [0.4, 0.5) is 0 Å². The van der Waals surface area contributed by atoms with Gasteiger partial charge in [-0.15, -0.1) is 0 Å². The lowest BCUT2D eigenvalue weighted by atomic mass is 10.2. The molecule has 0 saturated heterocycles. The first-order valence-electron chi connectivity index (χ1n) is 5.82. The minimum absolute atomic E-state index is 0.459. The number of rotatable bonds is 7. The zero-order valence-corrected chi connectivity index (χ0v) is 10.9. The van der Waals surface area contributed by atoms with Gasteiger partial charge in [0, 0.05) is 18.7 Å². The summed E-state index contributed by atoms with van der Waals surface area (Å²) in [5.41, 5.74) is 6.66. The zero-order chi connectivity index (χ0) is 12.7. The van der Waals surface area contributed by atoms with Crippen molar-refractivity contribution < 1.29 is 9.47 Å². The fourth-order valence-corrected chi connectivity index (χ4v) is 1.60. The van der Waals surface area contributed by atoms with Crippen LogP contribution in [0.5, 0.6) is 11.5 Å². The van der Waals surface area contributed by atoms with Gasteiger partial charge in [-0.05, 0) is 26.6 Å². The minimum Gasteiger partial charge on any atom is -0.493 e. The van der Waals surface area contributed by atoms with Crippen LogP contribution in [0.2, 0.25) is 0 Å². The summed E-state index contributed by atoms with van der Waals surface area (Å²) in [6, 6.07) is 5.78. The molecule has 0 saturated carbocycles. The summed E-state index contributed by atoms with van der Waals surface area (Å²) in [6.07, 6.45) is 0.981. The van der Waals surface area contributed by atoms with Gasteiger partial charge in [-0.2, -0.15) is 0 Å². The Morgan fingerprint density at radius 3 is 2.65 bits per heavy atom. The average molecular weight is 238 g/mol. The first kappa shape index (κ1) is 13.8. The van der Waals surface area contributed by atoms with E-state index in [0.717, 1.165) is 30.0 Å². The van der Waals surface area contributed by atoms with Gasteiger partial charge < -0.3 is 20.1 Å². The van der Waals surface area contributed by atoms with Crippen molar-refractivity contribution in [3.63, 3.8) is 0 Å². The molecule has 1 aromatic rings. The monoisotopic (exact) mass is 238 g/mol. The molecule has 0 amide bonds. The molecule has 2 N–H and O–H groups in total. The van der Waals surface area contributed by atoms with E-state index < -0.39 is 0 Å². The number of hydrogen-bond acceptors (Lipinski definition) is 4. The molecule has 96 valence electrons. The van der Waals surface area contributed by atoms with Crippen LogP contribution in [0.25, 0.3) is 0 Å². The molecular formula is C13H22N2O2. The Labute approximate surface area is 103 Å². The predicted octanol–water partition coefficient (Wildman–Crippen LogP) is 1.48. The second kappa shape index (κ2) is 7.14. The topological polar surface area (TPSA) is 47.7 Å². The number of methoxy groups -OCH3 is 1. The highest BCUT2D eigenvalue weighted by Gasteiger charge is 2.08. The van der Waals surface area contributed by atoms with Gasteiger partial charge in [0.15, 0.2) is 11.5 Å². The van der Waals surface area contributed by atoms with Gasteiger partial charge in [0.05, 0.1) is 13.7 Å². The summed E-state index contributed by atoms with van der Waals surface area (Å²) in [5, 5.41) is 0. The number of nitrogens with zero attached hydrogens (tertiary/aromatic N) is 1. The van der Waals surface area contributed by atoms with E-state index in [1.54, 1.807) is 7.11 Å². The summed E-state index contributed by atoms with van der Waals surface area (Å²) in [7, 11) is 5.74. The fourth-order valence-electron chi connectivity index (χ4n) is 1.60. The van der Waals surface area contributed by atoms with Crippen molar-refractivity contribution in [3.05, 3.63) is 23.8 Å². The van der Waals surface area contributed by atoms with E-state index >= 15 is 0 Å². The number of para-hydroxylation sites is 1. The van der Waals surface area contributed by atoms with Crippen molar-refractivity contribution in [3.8, 4) is 11.5 Å². The van der Waals surface area contributed by atoms with E-state index in [0.29, 0.717) is 13.2 Å². The van der Waals surface area contributed by atoms with Crippen molar-refractivity contribution in [1.82, 2.24) is 4.90 Å². The zero-order valence-electron chi connectivity index (χ0n) is 10.9. The van der Waals surface area contributed by atoms with Crippen LogP contribution in [0.15, 0.2) is 18.2 Å². The molecule has 0 fully saturated rings. The molecule has 0 bridgehead atoms. The third kappa shape index (κ3) is 4.24. The maximum absolute atomic E-state index is 5.77. The summed E-state index contributed by atoms with van der Waals surface area (Å²) >= 11 is 0. The summed E-state index contributed by atoms with van der Waals surface area (Å²) in [4.78, 5) is 2.13. The standard InChI is InChI=1S/C13H22N2O2/c1-15(2)8-5-9-17-13-11(10-14)6-4-7-12(13)16-3/h4,6-7H,5,8-10,14H2,1-3H3. The van der Waals surface area contributed by atoms with Gasteiger partial charge in [-0.1, -0.05) is 12.1 Å². The molecule has 0 aliphatic heterocycles. The Kier molecular flexibility index (Phi) is 5.80. The maximum Gasteiger partial charge on any atom is 0.165 e. The molecule has 0 aliphatic carbocycles. The van der Waals surface area contributed by atoms with E-state index in [2.05, 4.69) is 19.0 Å². The third-order valence-corrected chi connectivity index (χ3v) is 2.50. The molecule has 4 heteroatoms. The largest absolute Gasteiger partial charge is 0.493 e. The van der Waals surface area contributed by atoms with Crippen LogP contribution in [-0.4, -0.2) is 39.3 Å². The van der Waals surface area contributed by atoms with Crippen molar-refractivity contribution in [2.45, 2.75) is 13.0 Å². The van der Waals surface area contributed by atoms with Crippen molar-refractivity contribution in [2.75, 3.05) is 34.4 Å². The van der Waals surface area contributed by atoms with E-state index in [1.165, 1.54) is 0 Å². The highest BCUT2D eigenvalue weighted by atomic mass is 16.5. The van der Waals surface area contributed by atoms with E-state index in [9.17, 15) is 0 Å². The van der Waals surface area contributed by atoms with E-state index in [-0.39, 0.29) is 0 Å². The van der Waals surface area contributed by atoms with Gasteiger partial charge in [0.2, 0.25) is 0 Å². The quantitative estimate of drug-likeness (QED) is 0.731. The Balaban J connectivity index is 2.61. The first-order valence-corrected chi connectivity index (χ1v) is 5.82. The van der Waals surface area contributed by atoms with Gasteiger partial charge in [-0.3, -0.25) is 0 Å². The number of benzene rings is 1. The lowest BCUT2D eigenvalue weighted by Gasteiger charge is -2.15. The van der Waals surface area contributed by atoms with Crippen LogP contribution in [0.1, 0.15) is 12.0 Å². The number of nitrogens with two attached hydrogens (primary N) is 1. The van der Waals surface area contributed by atoms with Crippen LogP contribution in [-0.2, 0) is 6.54 Å². The van der Waals surface area contributed by atoms with Crippen molar-refractivity contribution in [1.29, 1.82) is 0 Å². The van der Waals surface area contributed by atoms with Crippen LogP contribution >= 0.6 is 0 Å². The van der Waals surface area contributed by atoms with Gasteiger partial charge in [0.25, 0.3) is 0 Å². The number of hydrogen-bond donors (Lipinski definition) is 1. The average Bonchev–Trinajstić information content (AvgIpc) is 2.34. The normalized spacial score (nSPS) is 10.6. The Bertz CT molecular complexity index is 318. The Morgan fingerprint density at radius 2 is 2.06 bits per heavy atom. The minimum atomic E-state index is 0.459. The van der Waals surface area contributed by atoms with Gasteiger partial charge in [0.1, 0.15) is 0 Å². The Morgan fingerprint density at radius 1 is 1.29 bits per heavy atom. The van der Waals surface area contributed by atoms with Crippen LogP contribution in [0.3, 0.4) is 0 Å². The molecule has 0 atom stereocenters. The molecule has 0 heterocycles. The molecule has 4 nitrogen and oxygen atoms in total. The second-order valence-electron chi connectivity index (χ2n) is 4.16. The molecule has 0 unspecified atom stereocenters. The van der Waals surface area contributed by atoms with E-state index in [4.69, 9.17) is 15.2 Å². The fraction of sp³-hybridized carbons (Fsp3) is 0.538. The molecule has 0 aliphatic rings. The van der Waals surface area contributed by atoms with Crippen LogP contribution < -0.4 is 15.2 Å². The maximum atomic E-state index is 5.77. The number of ether oxygens (including phenoxy) is 2. The first-order chi connectivity index (χ1) is 8.19. The highest BCUT2D eigenvalue weighted by molar-refractivity contribution is 5.46. The van der Waals surface area contributed by atoms with Crippen molar-refractivity contribution >= 4 is 0 Å². The molecule has 17 heavy (non-hydrogen) atoms. The summed E-state index contributed by atoms with van der Waals surface area (Å²) in [5.74, 6) is 1.52. The van der Waals surface area contributed by atoms with E-state index in [1.807, 2.05) is 18.2 Å². The smallest absolute Gasteiger partial charge is 0.165 e. The molecule has 0 aromatic heterocycles. The lowest BCUT2D eigenvalue weighted by molar-refractivity contribution is 0.266. The Hall–Kier alpha value is -1.26. The molecule has 1 rings (SSSR count). The SMILES string of the molecule is COc1cccc(CN)c1OCCCN(C)C.